The van der Waals surface area contributed by atoms with E-state index in [1.807, 2.05) is 12.1 Å². The van der Waals surface area contributed by atoms with Crippen molar-refractivity contribution >= 4 is 29.2 Å². The molecule has 0 aliphatic carbocycles. The van der Waals surface area contributed by atoms with E-state index in [2.05, 4.69) is 53.2 Å². The molecule has 4 atom stereocenters. The smallest absolute Gasteiger partial charge is 0.328 e. The molecular weight excluding hydrogens is 426 g/mol. The van der Waals surface area contributed by atoms with E-state index in [4.69, 9.17) is 11.6 Å². The van der Waals surface area contributed by atoms with Gasteiger partial charge >= 0.3 is 6.03 Å². The number of hydrogen-bond acceptors (Lipinski definition) is 5. The molecule has 0 radical (unpaired) electrons. The zero-order valence-electron chi connectivity index (χ0n) is 18.5. The maximum absolute atomic E-state index is 13.6. The van der Waals surface area contributed by atoms with E-state index in [-0.39, 0.29) is 30.9 Å². The predicted octanol–water partition coefficient (Wildman–Crippen LogP) is 3.08. The minimum Gasteiger partial charge on any atom is -0.343 e. The van der Waals surface area contributed by atoms with Gasteiger partial charge in [0.1, 0.15) is 18.5 Å². The molecule has 3 aliphatic rings. The predicted molar refractivity (Wildman–Crippen MR) is 124 cm³/mol. The summed E-state index contributed by atoms with van der Waals surface area (Å²) in [6, 6.07) is 15.0. The van der Waals surface area contributed by atoms with Crippen molar-refractivity contribution in [3.63, 3.8) is 0 Å². The molecule has 32 heavy (non-hydrogen) atoms. The van der Waals surface area contributed by atoms with E-state index >= 15 is 0 Å². The van der Waals surface area contributed by atoms with Crippen molar-refractivity contribution in [2.45, 2.75) is 38.9 Å². The van der Waals surface area contributed by atoms with Gasteiger partial charge in [0.15, 0.2) is 0 Å². The Morgan fingerprint density at radius 2 is 1.72 bits per heavy atom. The summed E-state index contributed by atoms with van der Waals surface area (Å²) in [5.74, 6) is 0.231. The number of nitrogens with zero attached hydrogens (tertiary/aromatic N) is 4. The number of hydrogen-bond donors (Lipinski definition) is 1. The summed E-state index contributed by atoms with van der Waals surface area (Å²) in [7, 11) is 1.77. The fourth-order valence-corrected chi connectivity index (χ4v) is 5.20. The third kappa shape index (κ3) is 3.54. The van der Waals surface area contributed by atoms with Gasteiger partial charge in [-0.1, -0.05) is 48.4 Å². The lowest BCUT2D eigenvalue weighted by Gasteiger charge is -2.46. The maximum atomic E-state index is 13.6. The number of imide groups is 1. The number of amides is 3. The first-order chi connectivity index (χ1) is 15.3. The molecule has 7 nitrogen and oxygen atoms in total. The zero-order chi connectivity index (χ0) is 22.6. The summed E-state index contributed by atoms with van der Waals surface area (Å²) in [6.07, 6.45) is -0.502. The highest BCUT2D eigenvalue weighted by molar-refractivity contribution is 6.30. The summed E-state index contributed by atoms with van der Waals surface area (Å²) in [6.45, 7) is 6.20. The van der Waals surface area contributed by atoms with Crippen LogP contribution in [0.4, 0.5) is 10.5 Å². The molecule has 4 unspecified atom stereocenters. The number of aryl methyl sites for hydroxylation is 1. The first-order valence-corrected chi connectivity index (χ1v) is 11.4. The van der Waals surface area contributed by atoms with Crippen molar-refractivity contribution in [1.29, 1.82) is 0 Å². The molecule has 2 aromatic rings. The molecule has 1 N–H and O–H groups in total. The third-order valence-electron chi connectivity index (χ3n) is 6.70. The molecule has 8 heteroatoms. The first-order valence-electron chi connectivity index (χ1n) is 11.0. The van der Waals surface area contributed by atoms with E-state index in [0.29, 0.717) is 10.9 Å². The monoisotopic (exact) mass is 453 g/mol. The van der Waals surface area contributed by atoms with Gasteiger partial charge in [-0.15, -0.1) is 0 Å². The van der Waals surface area contributed by atoms with Crippen LogP contribution in [0.5, 0.6) is 0 Å². The molecule has 5 rings (SSSR count). The van der Waals surface area contributed by atoms with Crippen LogP contribution in [0.2, 0.25) is 5.02 Å². The molecule has 3 saturated heterocycles. The van der Waals surface area contributed by atoms with Gasteiger partial charge in [-0.2, -0.15) is 0 Å². The Kier molecular flexibility index (Phi) is 5.35. The van der Waals surface area contributed by atoms with E-state index in [9.17, 15) is 9.59 Å². The van der Waals surface area contributed by atoms with E-state index < -0.39 is 6.04 Å². The lowest BCUT2D eigenvalue weighted by molar-refractivity contribution is -0.139. The van der Waals surface area contributed by atoms with E-state index in [0.717, 1.165) is 24.3 Å². The average molecular weight is 454 g/mol. The van der Waals surface area contributed by atoms with Gasteiger partial charge in [0, 0.05) is 30.8 Å². The van der Waals surface area contributed by atoms with Crippen LogP contribution in [-0.4, -0.2) is 65.3 Å². The number of anilines is 1. The number of halogens is 1. The van der Waals surface area contributed by atoms with Crippen molar-refractivity contribution in [2.75, 3.05) is 25.0 Å². The molecule has 3 amide bonds. The number of fused-ring (bicyclic) bond motifs is 3. The van der Waals surface area contributed by atoms with Crippen LogP contribution < -0.4 is 10.2 Å². The van der Waals surface area contributed by atoms with Crippen molar-refractivity contribution in [2.24, 2.45) is 5.92 Å². The number of carbonyl (C=O) groups is 2. The van der Waals surface area contributed by atoms with Gasteiger partial charge < -0.3 is 9.80 Å². The van der Waals surface area contributed by atoms with Crippen LogP contribution in [-0.2, 0) is 11.3 Å². The zero-order valence-corrected chi connectivity index (χ0v) is 19.3. The number of benzene rings is 2. The summed E-state index contributed by atoms with van der Waals surface area (Å²) in [5.41, 5.74) is 3.20. The van der Waals surface area contributed by atoms with Gasteiger partial charge in [0.05, 0.1) is 6.54 Å². The van der Waals surface area contributed by atoms with Crippen LogP contribution in [0, 0.1) is 12.8 Å². The van der Waals surface area contributed by atoms with Gasteiger partial charge in [-0.3, -0.25) is 19.9 Å². The number of urea groups is 1. The first kappa shape index (κ1) is 21.2. The molecule has 3 heterocycles. The van der Waals surface area contributed by atoms with Gasteiger partial charge in [-0.25, -0.2) is 4.79 Å². The molecular formula is C24H28ClN5O2. The second-order valence-corrected chi connectivity index (χ2v) is 9.60. The summed E-state index contributed by atoms with van der Waals surface area (Å²) in [4.78, 5) is 34.3. The van der Waals surface area contributed by atoms with Crippen LogP contribution in [0.3, 0.4) is 0 Å². The fraction of sp³-hybridized carbons (Fsp3) is 0.417. The number of likely N-dealkylation sites (N-methyl/N-ethyl adjacent to an activating group) is 1. The molecule has 0 bridgehead atoms. The topological polar surface area (TPSA) is 59.1 Å². The highest BCUT2D eigenvalue weighted by Gasteiger charge is 2.56. The molecule has 2 aromatic carbocycles. The van der Waals surface area contributed by atoms with Gasteiger partial charge in [-0.05, 0) is 42.7 Å². The lowest BCUT2D eigenvalue weighted by atomic mass is 10.0. The van der Waals surface area contributed by atoms with Gasteiger partial charge in [0.25, 0.3) is 5.91 Å². The Morgan fingerprint density at radius 1 is 1.03 bits per heavy atom. The Hall–Kier alpha value is -2.61. The lowest BCUT2D eigenvalue weighted by Crippen LogP contribution is -2.66. The molecule has 0 spiro atoms. The van der Waals surface area contributed by atoms with Crippen molar-refractivity contribution < 1.29 is 9.59 Å². The van der Waals surface area contributed by atoms with Crippen LogP contribution in [0.15, 0.2) is 48.5 Å². The third-order valence-corrected chi connectivity index (χ3v) is 6.96. The Morgan fingerprint density at radius 3 is 2.41 bits per heavy atom. The number of carbonyl (C=O) groups excluding carboxylic acids is 2. The maximum Gasteiger partial charge on any atom is 0.328 e. The van der Waals surface area contributed by atoms with Crippen LogP contribution >= 0.6 is 11.6 Å². The molecule has 3 aliphatic heterocycles. The average Bonchev–Trinajstić information content (AvgIpc) is 3.16. The minimum absolute atomic E-state index is 0.140. The molecule has 0 aromatic heterocycles. The van der Waals surface area contributed by atoms with Crippen molar-refractivity contribution in [3.8, 4) is 0 Å². The summed E-state index contributed by atoms with van der Waals surface area (Å²) in [5, 5.41) is 4.20. The second-order valence-electron chi connectivity index (χ2n) is 9.16. The minimum atomic E-state index is -0.425. The highest BCUT2D eigenvalue weighted by Crippen LogP contribution is 2.35. The van der Waals surface area contributed by atoms with Crippen molar-refractivity contribution in [3.05, 3.63) is 64.7 Å². The molecule has 0 saturated carbocycles. The largest absolute Gasteiger partial charge is 0.343 e. The van der Waals surface area contributed by atoms with E-state index in [1.165, 1.54) is 10.5 Å². The van der Waals surface area contributed by atoms with Crippen LogP contribution in [0.1, 0.15) is 18.1 Å². The van der Waals surface area contributed by atoms with E-state index in [1.54, 1.807) is 24.1 Å². The highest BCUT2D eigenvalue weighted by atomic mass is 35.5. The molecule has 3 fully saturated rings. The van der Waals surface area contributed by atoms with Gasteiger partial charge in [0.2, 0.25) is 0 Å². The van der Waals surface area contributed by atoms with Crippen molar-refractivity contribution in [1.82, 2.24) is 20.0 Å². The standard InChI is InChI=1S/C24H28ClN5O2/c1-15-4-10-19(11-5-15)28-12-16(2)13-29-20-21(26-23(28)29)27(3)24(32)30(22(20)31)14-17-6-8-18(25)9-7-17/h4-11,16,20-21,23,26H,12-14H2,1-3H3. The second kappa shape index (κ2) is 8.06. The quantitative estimate of drug-likeness (QED) is 0.774. The Labute approximate surface area is 193 Å². The summed E-state index contributed by atoms with van der Waals surface area (Å²) >= 11 is 6.00. The Balaban J connectivity index is 1.45. The normalized spacial score (nSPS) is 28.2. The van der Waals surface area contributed by atoms with Crippen LogP contribution in [0.25, 0.3) is 0 Å². The fourth-order valence-electron chi connectivity index (χ4n) is 5.07. The Bertz CT molecular complexity index is 1030. The number of nitrogens with one attached hydrogen (secondary N) is 1. The molecule has 168 valence electrons. The number of rotatable bonds is 3. The summed E-state index contributed by atoms with van der Waals surface area (Å²) < 4.78 is 0. The SMILES string of the molecule is Cc1ccc(N2CC(C)CN3C4C(=O)N(Cc5ccc(Cl)cc5)C(=O)N(C)C4NC23)cc1.